The molecule has 0 unspecified atom stereocenters. The second-order valence-electron chi connectivity index (χ2n) is 5.37. The van der Waals surface area contributed by atoms with Gasteiger partial charge in [0.25, 0.3) is 0 Å². The number of hydrogen-bond donors (Lipinski definition) is 2. The maximum absolute atomic E-state index is 12.5. The number of carbonyl (C=O) groups excluding carboxylic acids is 1. The van der Waals surface area contributed by atoms with Crippen molar-refractivity contribution in [1.82, 2.24) is 5.32 Å². The molecule has 2 N–H and O–H groups in total. The summed E-state index contributed by atoms with van der Waals surface area (Å²) in [6.45, 7) is 0.433. The molecule has 0 bridgehead atoms. The van der Waals surface area contributed by atoms with Crippen LogP contribution < -0.4 is 5.32 Å². The summed E-state index contributed by atoms with van der Waals surface area (Å²) >= 11 is 1.64. The summed E-state index contributed by atoms with van der Waals surface area (Å²) in [5.41, 5.74) is 0. The Hall–Kier alpha value is -1.49. The van der Waals surface area contributed by atoms with Gasteiger partial charge in [0.05, 0.1) is 4.75 Å². The topological polar surface area (TPSA) is 66.4 Å². The predicted octanol–water partition coefficient (Wildman–Crippen LogP) is 3.07. The van der Waals surface area contributed by atoms with Crippen LogP contribution in [0.15, 0.2) is 35.2 Å². The van der Waals surface area contributed by atoms with Gasteiger partial charge in [0, 0.05) is 17.9 Å². The average Bonchev–Trinajstić information content (AvgIpc) is 2.94. The largest absolute Gasteiger partial charge is 0.481 e. The van der Waals surface area contributed by atoms with Gasteiger partial charge in [-0.2, -0.15) is 0 Å². The number of amides is 1. The van der Waals surface area contributed by atoms with Crippen LogP contribution in [0.2, 0.25) is 0 Å². The zero-order valence-electron chi connectivity index (χ0n) is 12.0. The lowest BCUT2D eigenvalue weighted by Gasteiger charge is -2.27. The number of nitrogens with one attached hydrogen (secondary N) is 1. The van der Waals surface area contributed by atoms with E-state index in [1.807, 2.05) is 30.3 Å². The van der Waals surface area contributed by atoms with E-state index in [-0.39, 0.29) is 17.1 Å². The fraction of sp³-hybridized carbons (Fsp3) is 0.500. The fourth-order valence-electron chi connectivity index (χ4n) is 2.64. The molecule has 0 spiro atoms. The first kappa shape index (κ1) is 15.9. The minimum absolute atomic E-state index is 0.0549. The zero-order chi connectivity index (χ0) is 15.1. The van der Waals surface area contributed by atoms with Crippen molar-refractivity contribution in [1.29, 1.82) is 0 Å². The van der Waals surface area contributed by atoms with Crippen LogP contribution >= 0.6 is 11.8 Å². The number of hydrogen-bond acceptors (Lipinski definition) is 3. The van der Waals surface area contributed by atoms with E-state index in [0.717, 1.165) is 30.6 Å². The third-order valence-electron chi connectivity index (χ3n) is 3.73. The highest BCUT2D eigenvalue weighted by Crippen LogP contribution is 2.45. The van der Waals surface area contributed by atoms with Crippen molar-refractivity contribution < 1.29 is 14.7 Å². The molecule has 0 aliphatic heterocycles. The van der Waals surface area contributed by atoms with Gasteiger partial charge in [0.2, 0.25) is 5.91 Å². The van der Waals surface area contributed by atoms with Gasteiger partial charge in [-0.05, 0) is 31.4 Å². The van der Waals surface area contributed by atoms with Gasteiger partial charge in [0.15, 0.2) is 0 Å². The summed E-state index contributed by atoms with van der Waals surface area (Å²) in [6.07, 6.45) is 4.49. The average molecular weight is 307 g/mol. The van der Waals surface area contributed by atoms with Crippen molar-refractivity contribution in [3.63, 3.8) is 0 Å². The number of benzene rings is 1. The van der Waals surface area contributed by atoms with Gasteiger partial charge in [0.1, 0.15) is 0 Å². The Kier molecular flexibility index (Phi) is 5.67. The maximum atomic E-state index is 12.5. The van der Waals surface area contributed by atoms with E-state index in [2.05, 4.69) is 5.32 Å². The summed E-state index contributed by atoms with van der Waals surface area (Å²) in [6, 6.07) is 9.99. The molecule has 1 saturated carbocycles. The number of thioether (sulfide) groups is 1. The van der Waals surface area contributed by atoms with E-state index in [4.69, 9.17) is 5.11 Å². The Morgan fingerprint density at radius 1 is 1.19 bits per heavy atom. The van der Waals surface area contributed by atoms with Crippen LogP contribution in [0.5, 0.6) is 0 Å². The van der Waals surface area contributed by atoms with E-state index in [1.165, 1.54) is 0 Å². The van der Waals surface area contributed by atoms with Gasteiger partial charge in [-0.25, -0.2) is 0 Å². The summed E-state index contributed by atoms with van der Waals surface area (Å²) in [5.74, 6) is -0.766. The minimum Gasteiger partial charge on any atom is -0.481 e. The van der Waals surface area contributed by atoms with Crippen LogP contribution in [0.1, 0.15) is 38.5 Å². The van der Waals surface area contributed by atoms with E-state index < -0.39 is 5.97 Å². The molecule has 0 heterocycles. The third-order valence-corrected chi connectivity index (χ3v) is 5.23. The van der Waals surface area contributed by atoms with E-state index in [0.29, 0.717) is 13.0 Å². The molecular weight excluding hydrogens is 286 g/mol. The van der Waals surface area contributed by atoms with Crippen molar-refractivity contribution in [3.05, 3.63) is 30.3 Å². The first-order valence-electron chi connectivity index (χ1n) is 7.37. The second-order valence-corrected chi connectivity index (χ2v) is 6.83. The first-order valence-corrected chi connectivity index (χ1v) is 8.18. The Morgan fingerprint density at radius 2 is 1.86 bits per heavy atom. The van der Waals surface area contributed by atoms with Crippen LogP contribution in [-0.4, -0.2) is 28.3 Å². The van der Waals surface area contributed by atoms with Crippen molar-refractivity contribution >= 4 is 23.6 Å². The highest BCUT2D eigenvalue weighted by molar-refractivity contribution is 8.01. The quantitative estimate of drug-likeness (QED) is 0.760. The molecular formula is C16H21NO3S. The molecule has 0 saturated heterocycles. The summed E-state index contributed by atoms with van der Waals surface area (Å²) < 4.78 is -0.384. The molecule has 0 atom stereocenters. The fourth-order valence-corrected chi connectivity index (χ4v) is 4.04. The van der Waals surface area contributed by atoms with Gasteiger partial charge in [-0.3, -0.25) is 9.59 Å². The predicted molar refractivity (Wildman–Crippen MR) is 83.4 cm³/mol. The highest BCUT2D eigenvalue weighted by Gasteiger charge is 2.41. The molecule has 1 aromatic carbocycles. The lowest BCUT2D eigenvalue weighted by molar-refractivity contribution is -0.137. The molecule has 0 radical (unpaired) electrons. The summed E-state index contributed by atoms with van der Waals surface area (Å²) in [4.78, 5) is 24.1. The van der Waals surface area contributed by atoms with E-state index in [9.17, 15) is 9.59 Å². The molecule has 4 nitrogen and oxygen atoms in total. The Bertz CT molecular complexity index is 484. The van der Waals surface area contributed by atoms with Gasteiger partial charge in [-0.1, -0.05) is 31.0 Å². The molecule has 1 aromatic rings. The molecule has 5 heteroatoms. The monoisotopic (exact) mass is 307 g/mol. The molecule has 1 aliphatic rings. The molecule has 1 aliphatic carbocycles. The van der Waals surface area contributed by atoms with Crippen LogP contribution in [0.25, 0.3) is 0 Å². The third kappa shape index (κ3) is 4.49. The van der Waals surface area contributed by atoms with Crippen molar-refractivity contribution in [2.75, 3.05) is 6.54 Å². The van der Waals surface area contributed by atoms with Crippen LogP contribution in [0.3, 0.4) is 0 Å². The van der Waals surface area contributed by atoms with Gasteiger partial charge < -0.3 is 10.4 Å². The van der Waals surface area contributed by atoms with Crippen molar-refractivity contribution in [3.8, 4) is 0 Å². The number of rotatable bonds is 7. The normalized spacial score (nSPS) is 16.6. The van der Waals surface area contributed by atoms with E-state index in [1.54, 1.807) is 11.8 Å². The molecule has 21 heavy (non-hydrogen) atoms. The van der Waals surface area contributed by atoms with Crippen molar-refractivity contribution in [2.24, 2.45) is 0 Å². The number of carbonyl (C=O) groups is 2. The number of aliphatic carboxylic acids is 1. The summed E-state index contributed by atoms with van der Waals surface area (Å²) in [5, 5.41) is 11.5. The number of carboxylic acids is 1. The highest BCUT2D eigenvalue weighted by atomic mass is 32.2. The zero-order valence-corrected chi connectivity index (χ0v) is 12.8. The smallest absolute Gasteiger partial charge is 0.303 e. The van der Waals surface area contributed by atoms with Crippen LogP contribution in [0.4, 0.5) is 0 Å². The standard InChI is InChI=1S/C16H21NO3S/c18-14(19)9-6-12-17-15(20)16(10-4-5-11-16)21-13-7-2-1-3-8-13/h1-3,7-8H,4-6,9-12H2,(H,17,20)(H,18,19). The van der Waals surface area contributed by atoms with Crippen LogP contribution in [0, 0.1) is 0 Å². The van der Waals surface area contributed by atoms with Gasteiger partial charge >= 0.3 is 5.97 Å². The molecule has 0 aromatic heterocycles. The molecule has 1 fully saturated rings. The first-order chi connectivity index (χ1) is 10.1. The van der Waals surface area contributed by atoms with Crippen molar-refractivity contribution in [2.45, 2.75) is 48.2 Å². The van der Waals surface area contributed by atoms with Crippen LogP contribution in [-0.2, 0) is 9.59 Å². The summed E-state index contributed by atoms with van der Waals surface area (Å²) in [7, 11) is 0. The Labute approximate surface area is 129 Å². The van der Waals surface area contributed by atoms with Gasteiger partial charge in [-0.15, -0.1) is 11.8 Å². The minimum atomic E-state index is -0.821. The second kappa shape index (κ2) is 7.50. The van der Waals surface area contributed by atoms with E-state index >= 15 is 0 Å². The maximum Gasteiger partial charge on any atom is 0.303 e. The Balaban J connectivity index is 1.94. The molecule has 2 rings (SSSR count). The SMILES string of the molecule is O=C(O)CCCNC(=O)C1(Sc2ccccc2)CCCC1. The Morgan fingerprint density at radius 3 is 2.48 bits per heavy atom. The lowest BCUT2D eigenvalue weighted by atomic mass is 10.1. The lowest BCUT2D eigenvalue weighted by Crippen LogP contribution is -2.42. The molecule has 1 amide bonds. The molecule has 114 valence electrons. The number of carboxylic acid groups (broad SMARTS) is 1.